The Morgan fingerprint density at radius 1 is 1.14 bits per heavy atom. The highest BCUT2D eigenvalue weighted by Crippen LogP contribution is 2.41. The summed E-state index contributed by atoms with van der Waals surface area (Å²) in [6, 6.07) is 15.1. The third-order valence-corrected chi connectivity index (χ3v) is 6.27. The van der Waals surface area contributed by atoms with Gasteiger partial charge in [0.1, 0.15) is 11.5 Å². The summed E-state index contributed by atoms with van der Waals surface area (Å²) in [5, 5.41) is 11.9. The van der Waals surface area contributed by atoms with Gasteiger partial charge < -0.3 is 14.7 Å². The molecule has 180 valence electrons. The van der Waals surface area contributed by atoms with E-state index < -0.39 is 17.7 Å². The van der Waals surface area contributed by atoms with Gasteiger partial charge in [-0.15, -0.1) is 0 Å². The van der Waals surface area contributed by atoms with Crippen LogP contribution in [0.2, 0.25) is 5.02 Å². The highest BCUT2D eigenvalue weighted by atomic mass is 35.5. The number of ether oxygens (including phenoxy) is 1. The molecule has 2 aromatic carbocycles. The zero-order valence-corrected chi connectivity index (χ0v) is 20.5. The molecule has 1 aliphatic heterocycles. The van der Waals surface area contributed by atoms with Gasteiger partial charge in [-0.05, 0) is 66.4 Å². The van der Waals surface area contributed by atoms with E-state index in [1.807, 2.05) is 19.1 Å². The minimum Gasteiger partial charge on any atom is -0.507 e. The summed E-state index contributed by atoms with van der Waals surface area (Å²) in [5.41, 5.74) is 2.72. The number of amides is 1. The maximum absolute atomic E-state index is 13.2. The molecule has 0 radical (unpaired) electrons. The van der Waals surface area contributed by atoms with Crippen molar-refractivity contribution < 1.29 is 19.4 Å². The van der Waals surface area contributed by atoms with Crippen LogP contribution in [-0.2, 0) is 16.1 Å². The minimum absolute atomic E-state index is 0.0453. The fourth-order valence-corrected chi connectivity index (χ4v) is 4.32. The minimum atomic E-state index is -0.771. The zero-order chi connectivity index (χ0) is 24.9. The maximum Gasteiger partial charge on any atom is 0.295 e. The monoisotopic (exact) mass is 490 g/mol. The third kappa shape index (κ3) is 5.23. The van der Waals surface area contributed by atoms with Crippen LogP contribution in [0.4, 0.5) is 0 Å². The van der Waals surface area contributed by atoms with Gasteiger partial charge in [-0.1, -0.05) is 43.1 Å². The molecule has 1 atom stereocenters. The number of Topliss-reactive ketones (excluding diaryl/α,β-unsaturated/α-hetero) is 1. The number of aliphatic hydroxyl groups excluding tert-OH is 1. The molecule has 0 spiro atoms. The summed E-state index contributed by atoms with van der Waals surface area (Å²) in [6.45, 7) is 4.71. The maximum atomic E-state index is 13.2. The van der Waals surface area contributed by atoms with Gasteiger partial charge in [0.05, 0.1) is 18.2 Å². The van der Waals surface area contributed by atoms with Gasteiger partial charge in [0.15, 0.2) is 0 Å². The quantitative estimate of drug-likeness (QED) is 0.185. The summed E-state index contributed by atoms with van der Waals surface area (Å²) < 4.78 is 5.77. The van der Waals surface area contributed by atoms with Gasteiger partial charge in [0.25, 0.3) is 11.7 Å². The van der Waals surface area contributed by atoms with E-state index in [1.165, 1.54) is 4.90 Å². The number of ketones is 1. The lowest BCUT2D eigenvalue weighted by atomic mass is 9.94. The molecule has 3 aromatic rings. The largest absolute Gasteiger partial charge is 0.507 e. The normalized spacial score (nSPS) is 17.1. The van der Waals surface area contributed by atoms with Crippen molar-refractivity contribution in [2.24, 2.45) is 0 Å². The molecule has 1 aliphatic rings. The van der Waals surface area contributed by atoms with Gasteiger partial charge in [-0.3, -0.25) is 14.6 Å². The van der Waals surface area contributed by atoms with Crippen LogP contribution in [0.15, 0.2) is 72.6 Å². The number of carbonyl (C=O) groups is 2. The lowest BCUT2D eigenvalue weighted by Gasteiger charge is -2.25. The number of hydrogen-bond donors (Lipinski definition) is 1. The number of nitrogens with zero attached hydrogens (tertiary/aromatic N) is 2. The number of carbonyl (C=O) groups excluding carboxylic acids is 2. The molecule has 1 aromatic heterocycles. The number of aromatic nitrogens is 1. The average molecular weight is 491 g/mol. The molecule has 1 fully saturated rings. The predicted molar refractivity (Wildman–Crippen MR) is 135 cm³/mol. The summed E-state index contributed by atoms with van der Waals surface area (Å²) >= 11 is 6.09. The number of benzene rings is 2. The Morgan fingerprint density at radius 2 is 1.91 bits per heavy atom. The Labute approximate surface area is 209 Å². The van der Waals surface area contributed by atoms with E-state index in [0.717, 1.165) is 24.0 Å². The number of aryl methyl sites for hydroxylation is 1. The first-order valence-corrected chi connectivity index (χ1v) is 11.9. The van der Waals surface area contributed by atoms with E-state index in [0.29, 0.717) is 28.5 Å². The SMILES string of the molecule is CCCCOc1ccc(C(O)=C2C(=O)C(=O)N(Cc3cccnc3)C2c2ccc(Cl)cc2)c(C)c1. The van der Waals surface area contributed by atoms with E-state index in [-0.39, 0.29) is 17.9 Å². The number of halogens is 1. The van der Waals surface area contributed by atoms with Crippen LogP contribution in [-0.4, -0.2) is 33.3 Å². The Bertz CT molecular complexity index is 1260. The van der Waals surface area contributed by atoms with Crippen LogP contribution < -0.4 is 4.74 Å². The molecule has 0 aliphatic carbocycles. The second-order valence-electron chi connectivity index (χ2n) is 8.52. The van der Waals surface area contributed by atoms with Crippen LogP contribution in [0.1, 0.15) is 48.1 Å². The van der Waals surface area contributed by atoms with Crippen molar-refractivity contribution in [1.82, 2.24) is 9.88 Å². The number of aliphatic hydroxyl groups is 1. The standard InChI is InChI=1S/C28H27ClN2O4/c1-3-4-14-35-22-11-12-23(18(2)15-22)26(32)24-25(20-7-9-21(29)10-8-20)31(28(34)27(24)33)17-19-6-5-13-30-16-19/h5-13,15-16,25,32H,3-4,14,17H2,1-2H3. The van der Waals surface area contributed by atoms with Crippen LogP contribution in [0, 0.1) is 6.92 Å². The van der Waals surface area contributed by atoms with E-state index in [2.05, 4.69) is 11.9 Å². The molecule has 2 heterocycles. The first-order chi connectivity index (χ1) is 16.9. The first kappa shape index (κ1) is 24.5. The van der Waals surface area contributed by atoms with Crippen LogP contribution in [0.3, 0.4) is 0 Å². The fourth-order valence-electron chi connectivity index (χ4n) is 4.19. The van der Waals surface area contributed by atoms with Crippen molar-refractivity contribution in [3.05, 3.63) is 99.8 Å². The third-order valence-electron chi connectivity index (χ3n) is 6.02. The van der Waals surface area contributed by atoms with Crippen LogP contribution in [0.25, 0.3) is 5.76 Å². The Hall–Kier alpha value is -3.64. The molecular formula is C28H27ClN2O4. The van der Waals surface area contributed by atoms with Gasteiger partial charge >= 0.3 is 0 Å². The first-order valence-electron chi connectivity index (χ1n) is 11.6. The van der Waals surface area contributed by atoms with E-state index in [9.17, 15) is 14.7 Å². The Balaban J connectivity index is 1.78. The van der Waals surface area contributed by atoms with Crippen molar-refractivity contribution in [3.8, 4) is 5.75 Å². The smallest absolute Gasteiger partial charge is 0.295 e. The molecule has 1 saturated heterocycles. The zero-order valence-electron chi connectivity index (χ0n) is 19.7. The van der Waals surface area contributed by atoms with Crippen molar-refractivity contribution in [2.45, 2.75) is 39.3 Å². The van der Waals surface area contributed by atoms with Gasteiger partial charge in [-0.2, -0.15) is 0 Å². The topological polar surface area (TPSA) is 79.7 Å². The number of pyridine rings is 1. The number of unbranched alkanes of at least 4 members (excludes halogenated alkanes) is 1. The predicted octanol–water partition coefficient (Wildman–Crippen LogP) is 5.84. The lowest BCUT2D eigenvalue weighted by Crippen LogP contribution is -2.29. The highest BCUT2D eigenvalue weighted by Gasteiger charge is 2.46. The Kier molecular flexibility index (Phi) is 7.51. The fraction of sp³-hybridized carbons (Fsp3) is 0.250. The summed E-state index contributed by atoms with van der Waals surface area (Å²) in [4.78, 5) is 32.0. The van der Waals surface area contributed by atoms with Crippen molar-refractivity contribution in [2.75, 3.05) is 6.61 Å². The molecular weight excluding hydrogens is 464 g/mol. The summed E-state index contributed by atoms with van der Waals surface area (Å²) in [7, 11) is 0. The molecule has 1 amide bonds. The van der Waals surface area contributed by atoms with Crippen LogP contribution >= 0.6 is 11.6 Å². The average Bonchev–Trinajstić information content (AvgIpc) is 3.10. The van der Waals surface area contributed by atoms with Gasteiger partial charge in [0, 0.05) is 29.5 Å². The van der Waals surface area contributed by atoms with Crippen LogP contribution in [0.5, 0.6) is 5.75 Å². The molecule has 35 heavy (non-hydrogen) atoms. The number of likely N-dealkylation sites (tertiary alicyclic amines) is 1. The van der Waals surface area contributed by atoms with Gasteiger partial charge in [0.2, 0.25) is 0 Å². The van der Waals surface area contributed by atoms with E-state index in [1.54, 1.807) is 54.9 Å². The second-order valence-corrected chi connectivity index (χ2v) is 8.95. The molecule has 7 heteroatoms. The molecule has 6 nitrogen and oxygen atoms in total. The number of hydrogen-bond acceptors (Lipinski definition) is 5. The van der Waals surface area contributed by atoms with E-state index in [4.69, 9.17) is 16.3 Å². The van der Waals surface area contributed by atoms with Crippen molar-refractivity contribution in [3.63, 3.8) is 0 Å². The lowest BCUT2D eigenvalue weighted by molar-refractivity contribution is -0.140. The second kappa shape index (κ2) is 10.7. The van der Waals surface area contributed by atoms with Crippen molar-refractivity contribution in [1.29, 1.82) is 0 Å². The summed E-state index contributed by atoms with van der Waals surface area (Å²) in [6.07, 6.45) is 5.27. The van der Waals surface area contributed by atoms with Gasteiger partial charge in [-0.25, -0.2) is 0 Å². The molecule has 0 saturated carbocycles. The highest BCUT2D eigenvalue weighted by molar-refractivity contribution is 6.46. The number of rotatable bonds is 8. The summed E-state index contributed by atoms with van der Waals surface area (Å²) in [5.74, 6) is -0.921. The molecule has 0 bridgehead atoms. The molecule has 1 unspecified atom stereocenters. The Morgan fingerprint density at radius 3 is 2.57 bits per heavy atom. The van der Waals surface area contributed by atoms with Crippen molar-refractivity contribution >= 4 is 29.1 Å². The molecule has 4 rings (SSSR count). The van der Waals surface area contributed by atoms with E-state index >= 15 is 0 Å². The molecule has 1 N–H and O–H groups in total.